The molecule has 0 amide bonds. The van der Waals surface area contributed by atoms with Crippen LogP contribution in [-0.2, 0) is 6.42 Å². The molecule has 1 unspecified atom stereocenters. The number of allylic oxidation sites excluding steroid dienone is 4. The molecule has 2 aromatic carbocycles. The van der Waals surface area contributed by atoms with Crippen LogP contribution in [0.4, 0.5) is 0 Å². The predicted molar refractivity (Wildman–Crippen MR) is 132 cm³/mol. The van der Waals surface area contributed by atoms with Crippen molar-refractivity contribution in [3.05, 3.63) is 86.6 Å². The maximum Gasteiger partial charge on any atom is 0.103 e. The molecular weight excluding hydrogens is 364 g/mol. The Bertz CT molecular complexity index is 886. The van der Waals surface area contributed by atoms with E-state index in [2.05, 4.69) is 84.0 Å². The first-order valence-corrected chi connectivity index (χ1v) is 13.4. The molecule has 0 nitrogen and oxygen atoms in total. The summed E-state index contributed by atoms with van der Waals surface area (Å²) in [6.45, 7) is 14.1. The molecule has 1 heteroatoms. The van der Waals surface area contributed by atoms with Crippen molar-refractivity contribution in [3.63, 3.8) is 0 Å². The van der Waals surface area contributed by atoms with Crippen LogP contribution in [0.1, 0.15) is 66.0 Å². The van der Waals surface area contributed by atoms with E-state index in [1.54, 1.807) is 27.1 Å². The molecule has 1 aliphatic carbocycles. The fraction of sp³-hybridized carbons (Fsp3) is 0.429. The molecule has 0 radical (unpaired) electrons. The molecule has 29 heavy (non-hydrogen) atoms. The highest BCUT2D eigenvalue weighted by Crippen LogP contribution is 2.30. The van der Waals surface area contributed by atoms with Crippen LogP contribution in [0.15, 0.2) is 53.3 Å². The van der Waals surface area contributed by atoms with Gasteiger partial charge in [-0.15, -0.1) is 0 Å². The van der Waals surface area contributed by atoms with Gasteiger partial charge in [0.15, 0.2) is 0 Å². The Hall–Kier alpha value is -1.86. The van der Waals surface area contributed by atoms with Crippen molar-refractivity contribution >= 4 is 14.0 Å². The molecule has 3 rings (SSSR count). The van der Waals surface area contributed by atoms with Crippen LogP contribution >= 0.6 is 0 Å². The molecule has 0 spiro atoms. The maximum absolute atomic E-state index is 2.57. The highest BCUT2D eigenvalue weighted by Gasteiger charge is 2.28. The third kappa shape index (κ3) is 4.66. The van der Waals surface area contributed by atoms with E-state index in [0.717, 1.165) is 12.8 Å². The van der Waals surface area contributed by atoms with Crippen LogP contribution in [0.2, 0.25) is 6.04 Å². The summed E-state index contributed by atoms with van der Waals surface area (Å²) in [7, 11) is -1.24. The lowest BCUT2D eigenvalue weighted by Crippen LogP contribution is -2.38. The van der Waals surface area contributed by atoms with Gasteiger partial charge in [-0.05, 0) is 86.4 Å². The van der Waals surface area contributed by atoms with Crippen LogP contribution in [-0.4, -0.2) is 8.80 Å². The summed E-state index contributed by atoms with van der Waals surface area (Å²) in [6, 6.07) is 12.4. The van der Waals surface area contributed by atoms with Crippen LogP contribution in [0, 0.1) is 34.6 Å². The van der Waals surface area contributed by atoms with Gasteiger partial charge in [0, 0.05) is 0 Å². The molecule has 0 aromatic heterocycles. The zero-order chi connectivity index (χ0) is 21.0. The third-order valence-corrected chi connectivity index (χ3v) is 11.1. The van der Waals surface area contributed by atoms with Crippen LogP contribution in [0.25, 0.3) is 0 Å². The summed E-state index contributed by atoms with van der Waals surface area (Å²) >= 11 is 0. The number of unbranched alkanes of at least 4 members (excludes halogenated alkanes) is 2. The Balaban J connectivity index is 2.02. The summed E-state index contributed by atoms with van der Waals surface area (Å²) < 4.78 is 0. The molecule has 1 aliphatic rings. The number of hydrogen-bond donors (Lipinski definition) is 0. The van der Waals surface area contributed by atoms with Crippen molar-refractivity contribution in [3.8, 4) is 0 Å². The van der Waals surface area contributed by atoms with E-state index < -0.39 is 8.80 Å². The number of benzene rings is 2. The van der Waals surface area contributed by atoms with Gasteiger partial charge in [0.05, 0.1) is 0 Å². The minimum Gasteiger partial charge on any atom is -0.0811 e. The first-order chi connectivity index (χ1) is 14.0. The Morgan fingerprint density at radius 1 is 0.759 bits per heavy atom. The van der Waals surface area contributed by atoms with Crippen molar-refractivity contribution in [2.75, 3.05) is 0 Å². The van der Waals surface area contributed by atoms with E-state index in [0.29, 0.717) is 0 Å². The molecule has 0 saturated heterocycles. The highest BCUT2D eigenvalue weighted by atomic mass is 28.3. The Morgan fingerprint density at radius 2 is 1.38 bits per heavy atom. The summed E-state index contributed by atoms with van der Waals surface area (Å²) in [4.78, 5) is 0. The van der Waals surface area contributed by atoms with E-state index >= 15 is 0 Å². The minimum absolute atomic E-state index is 1.09. The van der Waals surface area contributed by atoms with Gasteiger partial charge < -0.3 is 0 Å². The van der Waals surface area contributed by atoms with Gasteiger partial charge in [0.1, 0.15) is 8.80 Å². The van der Waals surface area contributed by atoms with Gasteiger partial charge in [-0.2, -0.15) is 0 Å². The van der Waals surface area contributed by atoms with Crippen molar-refractivity contribution < 1.29 is 0 Å². The van der Waals surface area contributed by atoms with Gasteiger partial charge in [0.2, 0.25) is 0 Å². The van der Waals surface area contributed by atoms with E-state index in [1.165, 1.54) is 47.6 Å². The lowest BCUT2D eigenvalue weighted by molar-refractivity contribution is 0.767. The Morgan fingerprint density at radius 3 is 2.00 bits per heavy atom. The highest BCUT2D eigenvalue weighted by molar-refractivity contribution is 6.81. The van der Waals surface area contributed by atoms with E-state index in [-0.39, 0.29) is 0 Å². The third-order valence-electron chi connectivity index (χ3n) is 7.19. The largest absolute Gasteiger partial charge is 0.103 e. The van der Waals surface area contributed by atoms with Crippen molar-refractivity contribution in [1.29, 1.82) is 0 Å². The lowest BCUT2D eigenvalue weighted by Gasteiger charge is -2.27. The van der Waals surface area contributed by atoms with Crippen molar-refractivity contribution in [1.82, 2.24) is 0 Å². The van der Waals surface area contributed by atoms with Crippen LogP contribution in [0.5, 0.6) is 0 Å². The van der Waals surface area contributed by atoms with Crippen LogP contribution < -0.4 is 5.19 Å². The normalized spacial score (nSPS) is 14.7. The molecule has 0 bridgehead atoms. The monoisotopic (exact) mass is 402 g/mol. The smallest absolute Gasteiger partial charge is 0.0811 e. The Kier molecular flexibility index (Phi) is 7.35. The molecule has 0 aliphatic heterocycles. The topological polar surface area (TPSA) is 0 Å². The molecule has 0 saturated carbocycles. The minimum atomic E-state index is -1.24. The van der Waals surface area contributed by atoms with E-state index in [9.17, 15) is 0 Å². The van der Waals surface area contributed by atoms with Gasteiger partial charge in [0.25, 0.3) is 0 Å². The molecule has 0 fully saturated rings. The number of hydrogen-bond acceptors (Lipinski definition) is 0. The Labute approximate surface area is 180 Å². The standard InChI is InChI=1S/C28H38Si/c1-7-8-12-18-29(28-23(5)21(3)20(2)22(4)24(28)6)27-17-13-16-26(27)19-25-14-10-9-11-15-25/h9-11,14-17,29H,7-8,12-13,18-19H2,1-6H3. The molecule has 2 aromatic rings. The molecular formula is C28H38Si. The zero-order valence-electron chi connectivity index (χ0n) is 19.4. The zero-order valence-corrected chi connectivity index (χ0v) is 20.5. The average molecular weight is 403 g/mol. The van der Waals surface area contributed by atoms with Crippen molar-refractivity contribution in [2.24, 2.45) is 0 Å². The summed E-state index contributed by atoms with van der Waals surface area (Å²) in [6.07, 6.45) is 11.3. The number of rotatable bonds is 8. The first-order valence-electron chi connectivity index (χ1n) is 11.5. The second-order valence-electron chi connectivity index (χ2n) is 8.87. The summed E-state index contributed by atoms with van der Waals surface area (Å²) in [5.74, 6) is 0. The van der Waals surface area contributed by atoms with Crippen LogP contribution in [0.3, 0.4) is 0 Å². The summed E-state index contributed by atoms with van der Waals surface area (Å²) in [5, 5.41) is 3.48. The molecule has 154 valence electrons. The predicted octanol–water partition coefficient (Wildman–Crippen LogP) is 6.89. The van der Waals surface area contributed by atoms with Gasteiger partial charge in [-0.25, -0.2) is 0 Å². The van der Waals surface area contributed by atoms with Crippen molar-refractivity contribution in [2.45, 2.75) is 79.7 Å². The average Bonchev–Trinajstić information content (AvgIpc) is 3.18. The molecule has 0 heterocycles. The second-order valence-corrected chi connectivity index (χ2v) is 11.8. The maximum atomic E-state index is 2.57. The van der Waals surface area contributed by atoms with Gasteiger partial charge in [-0.1, -0.05) is 85.1 Å². The fourth-order valence-electron chi connectivity index (χ4n) is 5.04. The SMILES string of the molecule is CCCCC[SiH](C1=CCC=C1Cc1ccccc1)c1c(C)c(C)c(C)c(C)c1C. The first kappa shape index (κ1) is 21.8. The fourth-order valence-corrected chi connectivity index (χ4v) is 9.21. The lowest BCUT2D eigenvalue weighted by atomic mass is 9.95. The molecule has 1 atom stereocenters. The summed E-state index contributed by atoms with van der Waals surface area (Å²) in [5.41, 5.74) is 10.7. The second kappa shape index (κ2) is 9.76. The molecule has 0 N–H and O–H groups in total. The van der Waals surface area contributed by atoms with E-state index in [1.807, 2.05) is 0 Å². The van der Waals surface area contributed by atoms with Gasteiger partial charge >= 0.3 is 0 Å². The van der Waals surface area contributed by atoms with Gasteiger partial charge in [-0.3, -0.25) is 0 Å². The van der Waals surface area contributed by atoms with E-state index in [4.69, 9.17) is 0 Å². The quantitative estimate of drug-likeness (QED) is 0.333.